The minimum atomic E-state index is 0.297. The second-order valence-corrected chi connectivity index (χ2v) is 6.65. The molecule has 0 bridgehead atoms. The van der Waals surface area contributed by atoms with E-state index in [0.717, 1.165) is 13.1 Å². The Morgan fingerprint density at radius 3 is 2.70 bits per heavy atom. The number of anilines is 1. The van der Waals surface area contributed by atoms with E-state index in [9.17, 15) is 0 Å². The van der Waals surface area contributed by atoms with Crippen molar-refractivity contribution in [1.82, 2.24) is 5.32 Å². The Hall–Kier alpha value is -1.02. The highest BCUT2D eigenvalue weighted by atomic mass is 15.3. The Bertz CT molecular complexity index is 476. The van der Waals surface area contributed by atoms with E-state index < -0.39 is 0 Å². The van der Waals surface area contributed by atoms with E-state index >= 15 is 0 Å². The molecule has 0 aromatic heterocycles. The van der Waals surface area contributed by atoms with Gasteiger partial charge in [-0.25, -0.2) is 0 Å². The number of fused-ring (bicyclic) bond motifs is 1. The maximum atomic E-state index is 3.79. The summed E-state index contributed by atoms with van der Waals surface area (Å²) >= 11 is 0. The number of hydrogen-bond acceptors (Lipinski definition) is 2. The van der Waals surface area contributed by atoms with Gasteiger partial charge in [0, 0.05) is 30.4 Å². The number of benzene rings is 1. The minimum absolute atomic E-state index is 0.297. The molecule has 1 heterocycles. The van der Waals surface area contributed by atoms with Gasteiger partial charge in [0.15, 0.2) is 0 Å². The molecule has 1 saturated heterocycles. The van der Waals surface area contributed by atoms with Crippen molar-refractivity contribution in [3.8, 4) is 0 Å². The Balaban J connectivity index is 1.87. The van der Waals surface area contributed by atoms with Gasteiger partial charge in [-0.3, -0.25) is 0 Å². The van der Waals surface area contributed by atoms with Gasteiger partial charge in [-0.1, -0.05) is 19.9 Å². The lowest BCUT2D eigenvalue weighted by Crippen LogP contribution is -2.63. The second-order valence-electron chi connectivity index (χ2n) is 6.65. The molecule has 1 atom stereocenters. The maximum Gasteiger partial charge on any atom is 0.0387 e. The van der Waals surface area contributed by atoms with Crippen LogP contribution in [0.15, 0.2) is 18.2 Å². The molecule has 2 nitrogen and oxygen atoms in total. The quantitative estimate of drug-likeness (QED) is 0.905. The normalized spacial score (nSPS) is 24.8. The van der Waals surface area contributed by atoms with Crippen LogP contribution in [0.1, 0.15) is 51.2 Å². The molecule has 20 heavy (non-hydrogen) atoms. The van der Waals surface area contributed by atoms with Crippen molar-refractivity contribution in [3.05, 3.63) is 29.3 Å². The number of rotatable bonds is 3. The van der Waals surface area contributed by atoms with Crippen molar-refractivity contribution >= 4 is 5.69 Å². The maximum absolute atomic E-state index is 3.79. The summed E-state index contributed by atoms with van der Waals surface area (Å²) < 4.78 is 0. The molecule has 0 saturated carbocycles. The van der Waals surface area contributed by atoms with Crippen LogP contribution in [0.4, 0.5) is 5.69 Å². The van der Waals surface area contributed by atoms with E-state index in [0.29, 0.717) is 11.6 Å². The summed E-state index contributed by atoms with van der Waals surface area (Å²) in [5.41, 5.74) is 4.90. The van der Waals surface area contributed by atoms with Crippen LogP contribution in [0.25, 0.3) is 0 Å². The third-order valence-electron chi connectivity index (χ3n) is 5.54. The number of hydrogen-bond donors (Lipinski definition) is 1. The van der Waals surface area contributed by atoms with Crippen molar-refractivity contribution in [3.63, 3.8) is 0 Å². The molecule has 1 N–H and O–H groups in total. The fourth-order valence-electron chi connectivity index (χ4n) is 3.82. The van der Waals surface area contributed by atoms with E-state index in [1.54, 1.807) is 11.1 Å². The first-order chi connectivity index (χ1) is 9.67. The second kappa shape index (κ2) is 5.40. The van der Waals surface area contributed by atoms with Gasteiger partial charge in [0.1, 0.15) is 0 Å². The van der Waals surface area contributed by atoms with Gasteiger partial charge in [-0.05, 0) is 62.3 Å². The summed E-state index contributed by atoms with van der Waals surface area (Å²) in [5.74, 6) is 0. The zero-order valence-electron chi connectivity index (χ0n) is 13.2. The lowest BCUT2D eigenvalue weighted by molar-refractivity contribution is 0.254. The first kappa shape index (κ1) is 13.9. The van der Waals surface area contributed by atoms with Crippen LogP contribution in [0.5, 0.6) is 0 Å². The number of aryl methyl sites for hydroxylation is 2. The molecule has 0 radical (unpaired) electrons. The highest BCUT2D eigenvalue weighted by Gasteiger charge is 2.35. The molecular weight excluding hydrogens is 244 g/mol. The van der Waals surface area contributed by atoms with Gasteiger partial charge in [0.05, 0.1) is 0 Å². The molecule has 2 aliphatic rings. The molecule has 1 aliphatic carbocycles. The van der Waals surface area contributed by atoms with Crippen LogP contribution in [0.2, 0.25) is 0 Å². The molecule has 1 aliphatic heterocycles. The summed E-state index contributed by atoms with van der Waals surface area (Å²) in [6.07, 6.45) is 6.30. The van der Waals surface area contributed by atoms with Gasteiger partial charge in [-0.2, -0.15) is 0 Å². The summed E-state index contributed by atoms with van der Waals surface area (Å²) in [6, 6.07) is 7.76. The van der Waals surface area contributed by atoms with Crippen LogP contribution >= 0.6 is 0 Å². The Labute approximate surface area is 123 Å². The van der Waals surface area contributed by atoms with Crippen LogP contribution in [0, 0.1) is 0 Å². The SMILES string of the molecule is CCC1(CC)CN(c2ccc3c(c2)CCC3)C(C)CN1. The summed E-state index contributed by atoms with van der Waals surface area (Å²) in [5, 5.41) is 3.79. The minimum Gasteiger partial charge on any atom is -0.366 e. The third kappa shape index (κ3) is 2.35. The van der Waals surface area contributed by atoms with Crippen molar-refractivity contribution in [1.29, 1.82) is 0 Å². The van der Waals surface area contributed by atoms with Crippen molar-refractivity contribution < 1.29 is 0 Å². The number of nitrogens with zero attached hydrogens (tertiary/aromatic N) is 1. The molecule has 0 spiro atoms. The first-order valence-corrected chi connectivity index (χ1v) is 8.31. The van der Waals surface area contributed by atoms with Gasteiger partial charge >= 0.3 is 0 Å². The largest absolute Gasteiger partial charge is 0.366 e. The van der Waals surface area contributed by atoms with E-state index in [1.165, 1.54) is 37.8 Å². The first-order valence-electron chi connectivity index (χ1n) is 8.31. The van der Waals surface area contributed by atoms with Crippen molar-refractivity contribution in [2.75, 3.05) is 18.0 Å². The van der Waals surface area contributed by atoms with Crippen molar-refractivity contribution in [2.45, 2.75) is 64.5 Å². The Kier molecular flexibility index (Phi) is 3.76. The highest BCUT2D eigenvalue weighted by Crippen LogP contribution is 2.31. The smallest absolute Gasteiger partial charge is 0.0387 e. The number of piperazine rings is 1. The van der Waals surface area contributed by atoms with Crippen LogP contribution in [-0.2, 0) is 12.8 Å². The zero-order valence-corrected chi connectivity index (χ0v) is 13.2. The van der Waals surface area contributed by atoms with Crippen LogP contribution < -0.4 is 10.2 Å². The topological polar surface area (TPSA) is 15.3 Å². The number of nitrogens with one attached hydrogen (secondary N) is 1. The fourth-order valence-corrected chi connectivity index (χ4v) is 3.82. The molecule has 3 rings (SSSR count). The average molecular weight is 272 g/mol. The molecule has 2 heteroatoms. The third-order valence-corrected chi connectivity index (χ3v) is 5.54. The monoisotopic (exact) mass is 272 g/mol. The summed E-state index contributed by atoms with van der Waals surface area (Å²) in [7, 11) is 0. The van der Waals surface area contributed by atoms with Gasteiger partial charge < -0.3 is 10.2 Å². The van der Waals surface area contributed by atoms with Crippen molar-refractivity contribution in [2.24, 2.45) is 0 Å². The van der Waals surface area contributed by atoms with E-state index in [2.05, 4.69) is 49.2 Å². The average Bonchev–Trinajstić information content (AvgIpc) is 2.95. The molecule has 1 aromatic rings. The summed E-state index contributed by atoms with van der Waals surface area (Å²) in [4.78, 5) is 2.63. The van der Waals surface area contributed by atoms with Gasteiger partial charge in [0.2, 0.25) is 0 Å². The lowest BCUT2D eigenvalue weighted by atomic mass is 9.88. The summed E-state index contributed by atoms with van der Waals surface area (Å²) in [6.45, 7) is 9.20. The highest BCUT2D eigenvalue weighted by molar-refractivity contribution is 5.54. The fraction of sp³-hybridized carbons (Fsp3) is 0.667. The molecule has 1 unspecified atom stereocenters. The zero-order chi connectivity index (χ0) is 14.2. The van der Waals surface area contributed by atoms with E-state index in [-0.39, 0.29) is 0 Å². The molecule has 0 amide bonds. The van der Waals surface area contributed by atoms with Gasteiger partial charge in [0.25, 0.3) is 0 Å². The molecule has 110 valence electrons. The molecular formula is C18H28N2. The molecule has 1 fully saturated rings. The predicted octanol–water partition coefficient (Wildman–Crippen LogP) is 3.53. The molecule has 1 aromatic carbocycles. The Morgan fingerprint density at radius 2 is 1.95 bits per heavy atom. The Morgan fingerprint density at radius 1 is 1.20 bits per heavy atom. The lowest BCUT2D eigenvalue weighted by Gasteiger charge is -2.47. The van der Waals surface area contributed by atoms with Crippen LogP contribution in [-0.4, -0.2) is 24.7 Å². The standard InChI is InChI=1S/C18H28N2/c1-4-18(5-2)13-20(14(3)12-19-18)17-10-9-15-7-6-8-16(15)11-17/h9-11,14,19H,4-8,12-13H2,1-3H3. The predicted molar refractivity (Wildman–Crippen MR) is 86.6 cm³/mol. The van der Waals surface area contributed by atoms with Crippen LogP contribution in [0.3, 0.4) is 0 Å². The van der Waals surface area contributed by atoms with E-state index in [1.807, 2.05) is 0 Å². The van der Waals surface area contributed by atoms with Gasteiger partial charge in [-0.15, -0.1) is 0 Å². The van der Waals surface area contributed by atoms with E-state index in [4.69, 9.17) is 0 Å².